The standard InChI is InChI=1S/C13H12F5NO2/c1-5(6-3-2-4-21-6)19-13(20)7-8(14)10(16)12(18)11(17)9(7)15/h5-6H,2-4H2,1H3,(H,19,20)/t5-,6-/m0/s1. The number of benzene rings is 1. The van der Waals surface area contributed by atoms with Crippen LogP contribution in [0.25, 0.3) is 0 Å². The fourth-order valence-electron chi connectivity index (χ4n) is 2.17. The van der Waals surface area contributed by atoms with Crippen LogP contribution < -0.4 is 5.32 Å². The van der Waals surface area contributed by atoms with Crippen molar-refractivity contribution in [2.45, 2.75) is 31.9 Å². The average molecular weight is 309 g/mol. The lowest BCUT2D eigenvalue weighted by atomic mass is 10.1. The molecule has 0 saturated carbocycles. The molecular weight excluding hydrogens is 297 g/mol. The summed E-state index contributed by atoms with van der Waals surface area (Å²) in [5.41, 5.74) is -1.49. The third-order valence-corrected chi connectivity index (χ3v) is 3.32. The number of halogens is 5. The first-order chi connectivity index (χ1) is 9.84. The van der Waals surface area contributed by atoms with Crippen molar-refractivity contribution >= 4 is 5.91 Å². The molecule has 1 aromatic rings. The summed E-state index contributed by atoms with van der Waals surface area (Å²) in [7, 11) is 0. The fraction of sp³-hybridized carbons (Fsp3) is 0.462. The van der Waals surface area contributed by atoms with Gasteiger partial charge in [-0.25, -0.2) is 22.0 Å². The third-order valence-electron chi connectivity index (χ3n) is 3.32. The number of hydrogen-bond donors (Lipinski definition) is 1. The summed E-state index contributed by atoms with van der Waals surface area (Å²) in [4.78, 5) is 11.8. The highest BCUT2D eigenvalue weighted by molar-refractivity contribution is 5.95. The van der Waals surface area contributed by atoms with Crippen LogP contribution in [0.1, 0.15) is 30.1 Å². The lowest BCUT2D eigenvalue weighted by Gasteiger charge is -2.20. The zero-order chi connectivity index (χ0) is 15.7. The van der Waals surface area contributed by atoms with Gasteiger partial charge in [-0.2, -0.15) is 0 Å². The maximum atomic E-state index is 13.5. The van der Waals surface area contributed by atoms with Crippen LogP contribution in [-0.2, 0) is 4.74 Å². The lowest BCUT2D eigenvalue weighted by Crippen LogP contribution is -2.41. The molecule has 1 heterocycles. The van der Waals surface area contributed by atoms with Gasteiger partial charge < -0.3 is 10.1 Å². The van der Waals surface area contributed by atoms with Gasteiger partial charge in [0.2, 0.25) is 5.82 Å². The molecule has 1 N–H and O–H groups in total. The van der Waals surface area contributed by atoms with Crippen LogP contribution in [0, 0.1) is 29.1 Å². The molecule has 0 spiro atoms. The quantitative estimate of drug-likeness (QED) is 0.530. The van der Waals surface area contributed by atoms with Crippen molar-refractivity contribution in [2.75, 3.05) is 6.61 Å². The van der Waals surface area contributed by atoms with Crippen LogP contribution in [0.15, 0.2) is 0 Å². The van der Waals surface area contributed by atoms with Crippen molar-refractivity contribution < 1.29 is 31.5 Å². The first-order valence-corrected chi connectivity index (χ1v) is 6.28. The molecule has 1 aliphatic heterocycles. The first kappa shape index (κ1) is 15.7. The first-order valence-electron chi connectivity index (χ1n) is 6.28. The van der Waals surface area contributed by atoms with Gasteiger partial charge in [-0.15, -0.1) is 0 Å². The Hall–Kier alpha value is -1.70. The Morgan fingerprint density at radius 3 is 2.10 bits per heavy atom. The van der Waals surface area contributed by atoms with Crippen LogP contribution in [0.2, 0.25) is 0 Å². The second kappa shape index (κ2) is 5.97. The predicted molar refractivity (Wildman–Crippen MR) is 62.1 cm³/mol. The van der Waals surface area contributed by atoms with E-state index in [9.17, 15) is 26.7 Å². The van der Waals surface area contributed by atoms with Crippen molar-refractivity contribution in [1.82, 2.24) is 5.32 Å². The molecular formula is C13H12F5NO2. The summed E-state index contributed by atoms with van der Waals surface area (Å²) in [6, 6.07) is -0.616. The fourth-order valence-corrected chi connectivity index (χ4v) is 2.17. The Morgan fingerprint density at radius 2 is 1.62 bits per heavy atom. The van der Waals surface area contributed by atoms with Crippen molar-refractivity contribution in [2.24, 2.45) is 0 Å². The molecule has 3 nitrogen and oxygen atoms in total. The molecule has 2 atom stereocenters. The Balaban J connectivity index is 2.27. The molecule has 1 aromatic carbocycles. The van der Waals surface area contributed by atoms with Crippen molar-refractivity contribution in [1.29, 1.82) is 0 Å². The lowest BCUT2D eigenvalue weighted by molar-refractivity contribution is 0.0706. The van der Waals surface area contributed by atoms with Gasteiger partial charge in [0, 0.05) is 6.61 Å². The zero-order valence-corrected chi connectivity index (χ0v) is 11.0. The Morgan fingerprint density at radius 1 is 1.10 bits per heavy atom. The maximum Gasteiger partial charge on any atom is 0.257 e. The smallest absolute Gasteiger partial charge is 0.257 e. The minimum Gasteiger partial charge on any atom is -0.376 e. The van der Waals surface area contributed by atoms with Gasteiger partial charge in [0.15, 0.2) is 23.3 Å². The number of rotatable bonds is 3. The van der Waals surface area contributed by atoms with Crippen LogP contribution in [0.3, 0.4) is 0 Å². The molecule has 1 saturated heterocycles. The number of carbonyl (C=O) groups is 1. The zero-order valence-electron chi connectivity index (χ0n) is 11.0. The molecule has 0 aromatic heterocycles. The van der Waals surface area contributed by atoms with E-state index >= 15 is 0 Å². The molecule has 0 radical (unpaired) electrons. The molecule has 8 heteroatoms. The van der Waals surface area contributed by atoms with Crippen LogP contribution >= 0.6 is 0 Å². The number of ether oxygens (including phenoxy) is 1. The molecule has 0 bridgehead atoms. The van der Waals surface area contributed by atoms with Gasteiger partial charge in [-0.1, -0.05) is 0 Å². The van der Waals surface area contributed by atoms with Gasteiger partial charge in [0.05, 0.1) is 12.1 Å². The maximum absolute atomic E-state index is 13.5. The molecule has 0 unspecified atom stereocenters. The van der Waals surface area contributed by atoms with E-state index in [1.165, 1.54) is 6.92 Å². The van der Waals surface area contributed by atoms with Gasteiger partial charge >= 0.3 is 0 Å². The van der Waals surface area contributed by atoms with E-state index in [2.05, 4.69) is 5.32 Å². The third kappa shape index (κ3) is 2.85. The van der Waals surface area contributed by atoms with Gasteiger partial charge in [-0.3, -0.25) is 4.79 Å². The van der Waals surface area contributed by atoms with E-state index < -0.39 is 46.6 Å². The normalized spacial score (nSPS) is 19.6. The number of carbonyl (C=O) groups excluding carboxylic acids is 1. The summed E-state index contributed by atoms with van der Waals surface area (Å²) in [5.74, 6) is -12.3. The van der Waals surface area contributed by atoms with Gasteiger partial charge in [-0.05, 0) is 19.8 Å². The van der Waals surface area contributed by atoms with Crippen molar-refractivity contribution in [3.63, 3.8) is 0 Å². The Kier molecular flexibility index (Phi) is 4.46. The summed E-state index contributed by atoms with van der Waals surface area (Å²) >= 11 is 0. The number of nitrogens with one attached hydrogen (secondary N) is 1. The summed E-state index contributed by atoms with van der Waals surface area (Å²) < 4.78 is 71.2. The number of hydrogen-bond acceptors (Lipinski definition) is 2. The molecule has 116 valence electrons. The molecule has 1 fully saturated rings. The minimum absolute atomic E-state index is 0.352. The van der Waals surface area contributed by atoms with Crippen LogP contribution in [0.5, 0.6) is 0 Å². The molecule has 1 amide bonds. The minimum atomic E-state index is -2.30. The predicted octanol–water partition coefficient (Wildman–Crippen LogP) is 2.68. The summed E-state index contributed by atoms with van der Waals surface area (Å²) in [6.45, 7) is 2.02. The summed E-state index contributed by atoms with van der Waals surface area (Å²) in [6.07, 6.45) is 1.06. The van der Waals surface area contributed by atoms with Gasteiger partial charge in [0.25, 0.3) is 5.91 Å². The van der Waals surface area contributed by atoms with E-state index in [0.717, 1.165) is 6.42 Å². The summed E-state index contributed by atoms with van der Waals surface area (Å²) in [5, 5.41) is 2.19. The highest BCUT2D eigenvalue weighted by Gasteiger charge is 2.31. The van der Waals surface area contributed by atoms with E-state index in [-0.39, 0.29) is 6.10 Å². The molecule has 21 heavy (non-hydrogen) atoms. The Bertz CT molecular complexity index is 543. The average Bonchev–Trinajstić information content (AvgIpc) is 2.97. The molecule has 0 aliphatic carbocycles. The highest BCUT2D eigenvalue weighted by atomic mass is 19.2. The molecule has 1 aliphatic rings. The topological polar surface area (TPSA) is 38.3 Å². The van der Waals surface area contributed by atoms with E-state index in [4.69, 9.17) is 4.74 Å². The monoisotopic (exact) mass is 309 g/mol. The van der Waals surface area contributed by atoms with E-state index in [0.29, 0.717) is 13.0 Å². The van der Waals surface area contributed by atoms with Crippen LogP contribution in [-0.4, -0.2) is 24.7 Å². The highest BCUT2D eigenvalue weighted by Crippen LogP contribution is 2.23. The van der Waals surface area contributed by atoms with E-state index in [1.54, 1.807) is 0 Å². The van der Waals surface area contributed by atoms with Crippen LogP contribution in [0.4, 0.5) is 22.0 Å². The SMILES string of the molecule is C[C@H](NC(=O)c1c(F)c(F)c(F)c(F)c1F)[C@@H]1CCCO1. The van der Waals surface area contributed by atoms with Gasteiger partial charge in [0.1, 0.15) is 5.56 Å². The molecule has 2 rings (SSSR count). The largest absolute Gasteiger partial charge is 0.376 e. The Labute approximate surface area is 117 Å². The van der Waals surface area contributed by atoms with Crippen molar-refractivity contribution in [3.8, 4) is 0 Å². The number of amides is 1. The second-order valence-corrected chi connectivity index (χ2v) is 4.76. The van der Waals surface area contributed by atoms with E-state index in [1.807, 2.05) is 0 Å². The van der Waals surface area contributed by atoms with Crippen molar-refractivity contribution in [3.05, 3.63) is 34.6 Å². The second-order valence-electron chi connectivity index (χ2n) is 4.76.